The molecule has 1 saturated heterocycles. The van der Waals surface area contributed by atoms with Crippen molar-refractivity contribution in [1.82, 2.24) is 9.97 Å². The Morgan fingerprint density at radius 1 is 1.40 bits per heavy atom. The molecule has 0 amide bonds. The minimum Gasteiger partial charge on any atom is -0.381 e. The molecule has 1 N–H and O–H groups in total. The monoisotopic (exact) mass is 342 g/mol. The second-order valence-electron chi connectivity index (χ2n) is 5.22. The zero-order valence-corrected chi connectivity index (χ0v) is 13.8. The van der Waals surface area contributed by atoms with Crippen molar-refractivity contribution in [3.63, 3.8) is 0 Å². The predicted molar refractivity (Wildman–Crippen MR) is 85.3 cm³/mol. The molecule has 20 heavy (non-hydrogen) atoms. The van der Waals surface area contributed by atoms with Gasteiger partial charge >= 0.3 is 0 Å². The van der Waals surface area contributed by atoms with Crippen molar-refractivity contribution in [3.05, 3.63) is 10.8 Å². The molecule has 0 unspecified atom stereocenters. The summed E-state index contributed by atoms with van der Waals surface area (Å²) in [6.07, 6.45) is 4.96. The van der Waals surface area contributed by atoms with Gasteiger partial charge in [0, 0.05) is 33.4 Å². The summed E-state index contributed by atoms with van der Waals surface area (Å²) in [7, 11) is 2.09. The summed E-state index contributed by atoms with van der Waals surface area (Å²) in [4.78, 5) is 10.9. The molecule has 1 aliphatic heterocycles. The lowest BCUT2D eigenvalue weighted by molar-refractivity contribution is 0.0685. The second-order valence-corrected chi connectivity index (χ2v) is 6.02. The fraction of sp³-hybridized carbons (Fsp3) is 0.714. The van der Waals surface area contributed by atoms with Gasteiger partial charge in [0.05, 0.1) is 0 Å². The number of nitrogens with one attached hydrogen (secondary N) is 1. The van der Waals surface area contributed by atoms with E-state index in [9.17, 15) is 0 Å². The Morgan fingerprint density at radius 3 is 2.85 bits per heavy atom. The smallest absolute Gasteiger partial charge is 0.148 e. The first-order valence-corrected chi connectivity index (χ1v) is 8.05. The van der Waals surface area contributed by atoms with Crippen LogP contribution in [0.3, 0.4) is 0 Å². The van der Waals surface area contributed by atoms with Crippen molar-refractivity contribution in [3.8, 4) is 0 Å². The maximum absolute atomic E-state index is 5.41. The molecular weight excluding hydrogens is 320 g/mol. The van der Waals surface area contributed by atoms with Crippen LogP contribution in [-0.4, -0.2) is 43.3 Å². The fourth-order valence-electron chi connectivity index (χ4n) is 2.40. The minimum atomic E-state index is 0.683. The van der Waals surface area contributed by atoms with Gasteiger partial charge in [0.15, 0.2) is 0 Å². The molecule has 0 radical (unpaired) electrons. The molecule has 6 heteroatoms. The van der Waals surface area contributed by atoms with Crippen LogP contribution in [0.1, 0.15) is 26.2 Å². The van der Waals surface area contributed by atoms with Gasteiger partial charge in [-0.2, -0.15) is 0 Å². The highest BCUT2D eigenvalue weighted by Crippen LogP contribution is 2.30. The van der Waals surface area contributed by atoms with Gasteiger partial charge in [-0.15, -0.1) is 0 Å². The number of anilines is 2. The van der Waals surface area contributed by atoms with Crippen molar-refractivity contribution in [1.29, 1.82) is 0 Å². The van der Waals surface area contributed by atoms with Gasteiger partial charge in [0.1, 0.15) is 22.4 Å². The molecule has 0 aliphatic carbocycles. The van der Waals surface area contributed by atoms with Crippen LogP contribution in [0, 0.1) is 5.92 Å². The van der Waals surface area contributed by atoms with Crippen LogP contribution < -0.4 is 10.2 Å². The number of ether oxygens (including phenoxy) is 1. The standard InChI is InChI=1S/C14H23BrN4O/c1-3-6-16-13-12(15)14(18-10-17-13)19(2)9-11-4-7-20-8-5-11/h10-11H,3-9H2,1-2H3,(H,16,17,18). The molecule has 2 rings (SSSR count). The second kappa shape index (κ2) is 7.78. The van der Waals surface area contributed by atoms with Crippen molar-refractivity contribution in [2.24, 2.45) is 5.92 Å². The van der Waals surface area contributed by atoms with E-state index in [1.54, 1.807) is 6.33 Å². The Bertz CT molecular complexity index is 424. The van der Waals surface area contributed by atoms with Crippen LogP contribution in [0.25, 0.3) is 0 Å². The average molecular weight is 343 g/mol. The van der Waals surface area contributed by atoms with Gasteiger partial charge < -0.3 is 15.0 Å². The van der Waals surface area contributed by atoms with Crippen molar-refractivity contribution >= 4 is 27.6 Å². The lowest BCUT2D eigenvalue weighted by atomic mass is 10.00. The van der Waals surface area contributed by atoms with Crippen LogP contribution in [0.15, 0.2) is 10.8 Å². The van der Waals surface area contributed by atoms with Crippen LogP contribution in [0.4, 0.5) is 11.6 Å². The van der Waals surface area contributed by atoms with Gasteiger partial charge in [-0.1, -0.05) is 6.92 Å². The topological polar surface area (TPSA) is 50.3 Å². The van der Waals surface area contributed by atoms with E-state index < -0.39 is 0 Å². The van der Waals surface area contributed by atoms with Crippen molar-refractivity contribution in [2.75, 3.05) is 43.6 Å². The van der Waals surface area contributed by atoms with E-state index in [4.69, 9.17) is 4.74 Å². The molecule has 0 atom stereocenters. The van der Waals surface area contributed by atoms with Crippen molar-refractivity contribution < 1.29 is 4.74 Å². The van der Waals surface area contributed by atoms with Gasteiger partial charge in [0.25, 0.3) is 0 Å². The molecule has 1 aromatic rings. The van der Waals surface area contributed by atoms with E-state index in [2.05, 4.69) is 50.1 Å². The van der Waals surface area contributed by atoms with Crippen LogP contribution in [-0.2, 0) is 4.74 Å². The summed E-state index contributed by atoms with van der Waals surface area (Å²) in [5.41, 5.74) is 0. The van der Waals surface area contributed by atoms with Gasteiger partial charge in [-0.25, -0.2) is 9.97 Å². The Labute approximate surface area is 129 Å². The van der Waals surface area contributed by atoms with Crippen LogP contribution >= 0.6 is 15.9 Å². The first-order chi connectivity index (χ1) is 9.72. The Hall–Kier alpha value is -0.880. The molecule has 1 aromatic heterocycles. The third-order valence-electron chi connectivity index (χ3n) is 3.55. The number of hydrogen-bond donors (Lipinski definition) is 1. The Morgan fingerprint density at radius 2 is 2.15 bits per heavy atom. The predicted octanol–water partition coefficient (Wildman–Crippen LogP) is 2.92. The molecule has 1 aliphatic rings. The molecule has 2 heterocycles. The summed E-state index contributed by atoms with van der Waals surface area (Å²) in [5.74, 6) is 2.50. The maximum atomic E-state index is 5.41. The Kier molecular flexibility index (Phi) is 6.04. The van der Waals surface area contributed by atoms with Crippen molar-refractivity contribution in [2.45, 2.75) is 26.2 Å². The van der Waals surface area contributed by atoms with E-state index in [0.717, 1.165) is 61.7 Å². The van der Waals surface area contributed by atoms with Gasteiger partial charge in [-0.05, 0) is 41.1 Å². The minimum absolute atomic E-state index is 0.683. The summed E-state index contributed by atoms with van der Waals surface area (Å²) >= 11 is 3.62. The van der Waals surface area contributed by atoms with E-state index >= 15 is 0 Å². The number of aromatic nitrogens is 2. The molecular formula is C14H23BrN4O. The zero-order chi connectivity index (χ0) is 14.4. The summed E-state index contributed by atoms with van der Waals surface area (Å²) in [6.45, 7) is 5.82. The maximum Gasteiger partial charge on any atom is 0.148 e. The normalized spacial score (nSPS) is 16.1. The third kappa shape index (κ3) is 4.06. The number of rotatable bonds is 6. The molecule has 0 saturated carbocycles. The van der Waals surface area contributed by atoms with E-state index in [1.807, 2.05) is 0 Å². The lowest BCUT2D eigenvalue weighted by Gasteiger charge is -2.28. The Balaban J connectivity index is 2.02. The highest BCUT2D eigenvalue weighted by molar-refractivity contribution is 9.10. The molecule has 0 aromatic carbocycles. The largest absolute Gasteiger partial charge is 0.381 e. The van der Waals surface area contributed by atoms with E-state index in [1.165, 1.54) is 0 Å². The molecule has 1 fully saturated rings. The number of halogens is 1. The molecule has 112 valence electrons. The third-order valence-corrected chi connectivity index (χ3v) is 4.28. The lowest BCUT2D eigenvalue weighted by Crippen LogP contribution is -2.30. The summed E-state index contributed by atoms with van der Waals surface area (Å²) < 4.78 is 6.36. The highest BCUT2D eigenvalue weighted by atomic mass is 79.9. The molecule has 0 spiro atoms. The fourth-order valence-corrected chi connectivity index (χ4v) is 3.04. The van der Waals surface area contributed by atoms with E-state index in [-0.39, 0.29) is 0 Å². The van der Waals surface area contributed by atoms with Crippen LogP contribution in [0.5, 0.6) is 0 Å². The number of nitrogens with zero attached hydrogens (tertiary/aromatic N) is 3. The molecule has 0 bridgehead atoms. The summed E-state index contributed by atoms with van der Waals surface area (Å²) in [6, 6.07) is 0. The zero-order valence-electron chi connectivity index (χ0n) is 12.2. The first-order valence-electron chi connectivity index (χ1n) is 7.25. The van der Waals surface area contributed by atoms with E-state index in [0.29, 0.717) is 5.92 Å². The van der Waals surface area contributed by atoms with Crippen LogP contribution in [0.2, 0.25) is 0 Å². The van der Waals surface area contributed by atoms with Gasteiger partial charge in [-0.3, -0.25) is 0 Å². The SMILES string of the molecule is CCCNc1ncnc(N(C)CC2CCOCC2)c1Br. The number of hydrogen-bond acceptors (Lipinski definition) is 5. The average Bonchev–Trinajstić information content (AvgIpc) is 2.47. The molecule has 5 nitrogen and oxygen atoms in total. The highest BCUT2D eigenvalue weighted by Gasteiger charge is 2.19. The quantitative estimate of drug-likeness (QED) is 0.861. The first kappa shape index (κ1) is 15.5. The summed E-state index contributed by atoms with van der Waals surface area (Å²) in [5, 5.41) is 3.32. The van der Waals surface area contributed by atoms with Gasteiger partial charge in [0.2, 0.25) is 0 Å².